The second-order valence-electron chi connectivity index (χ2n) is 38.2. The van der Waals surface area contributed by atoms with Crippen LogP contribution in [0.25, 0.3) is 55.2 Å². The molecule has 0 bridgehead atoms. The molecule has 137 heavy (non-hydrogen) atoms. The molecule has 4 aliphatic heterocycles. The van der Waals surface area contributed by atoms with E-state index in [-0.39, 0.29) is 40.5 Å². The molecule has 9 aromatic carbocycles. The van der Waals surface area contributed by atoms with Gasteiger partial charge in [0.1, 0.15) is 40.9 Å². The van der Waals surface area contributed by atoms with Crippen LogP contribution in [0.4, 0.5) is 42.1 Å². The molecule has 0 saturated carbocycles. The van der Waals surface area contributed by atoms with Crippen molar-refractivity contribution in [1.29, 1.82) is 0 Å². The molecule has 6 heterocycles. The van der Waals surface area contributed by atoms with Gasteiger partial charge in [-0.05, 0) is 303 Å². The molecule has 3 saturated heterocycles. The van der Waals surface area contributed by atoms with Gasteiger partial charge in [-0.3, -0.25) is 33.1 Å². The number of fused-ring (bicyclic) bond motifs is 6. The van der Waals surface area contributed by atoms with Crippen LogP contribution >= 0.6 is 11.6 Å². The highest BCUT2D eigenvalue weighted by atomic mass is 35.5. The first kappa shape index (κ1) is 103. The number of anilines is 2. The number of amides is 3. The van der Waals surface area contributed by atoms with E-state index < -0.39 is 51.2 Å². The van der Waals surface area contributed by atoms with Crippen molar-refractivity contribution in [2.45, 2.75) is 202 Å². The number of benzene rings is 9. The third kappa shape index (κ3) is 25.7. The zero-order valence-electron chi connectivity index (χ0n) is 80.1. The Morgan fingerprint density at radius 1 is 0.613 bits per heavy atom. The monoisotopic (exact) mass is 1920 g/mol. The number of halogens is 8. The number of rotatable bonds is 26. The Labute approximate surface area is 803 Å². The minimum atomic E-state index is -4.53. The number of hydrogen-bond donors (Lipinski definition) is 4. The maximum atomic E-state index is 13.7. The molecule has 5 aliphatic rings. The topological polar surface area (TPSA) is 249 Å². The Morgan fingerprint density at radius 3 is 1.69 bits per heavy atom. The fraction of sp³-hybridized carbons (Fsp3) is 0.430. The van der Waals surface area contributed by atoms with E-state index >= 15 is 0 Å². The number of primary sulfonamides is 1. The van der Waals surface area contributed by atoms with Gasteiger partial charge in [-0.15, -0.1) is 0 Å². The molecule has 0 unspecified atom stereocenters. The second-order valence-corrected chi connectivity index (χ2v) is 40.2. The summed E-state index contributed by atoms with van der Waals surface area (Å²) in [5.41, 5.74) is 10.7. The lowest BCUT2D eigenvalue weighted by Crippen LogP contribution is -2.47. The molecule has 0 spiro atoms. The summed E-state index contributed by atoms with van der Waals surface area (Å²) in [5, 5.41) is 15.6. The smallest absolute Gasteiger partial charge is 0.416 e. The van der Waals surface area contributed by atoms with Gasteiger partial charge >= 0.3 is 12.4 Å². The molecule has 30 heteroatoms. The van der Waals surface area contributed by atoms with Crippen LogP contribution in [0.1, 0.15) is 174 Å². The summed E-state index contributed by atoms with van der Waals surface area (Å²) in [6, 6.07) is 52.2. The highest BCUT2D eigenvalue weighted by Crippen LogP contribution is 2.52. The average molecular weight is 1920 g/mol. The molecule has 2 atom stereocenters. The molecular weight excluding hydrogens is 1800 g/mol. The number of aryl methyl sites for hydroxylation is 2. The first-order valence-corrected chi connectivity index (χ1v) is 49.5. The Bertz CT molecular complexity index is 6310. The minimum Gasteiger partial charge on any atom is -0.457 e. The maximum absolute atomic E-state index is 13.7. The van der Waals surface area contributed by atoms with Gasteiger partial charge in [-0.25, -0.2) is 27.9 Å². The Morgan fingerprint density at radius 2 is 1.15 bits per heavy atom. The molecule has 0 radical (unpaired) electrons. The van der Waals surface area contributed by atoms with Crippen molar-refractivity contribution in [3.63, 3.8) is 0 Å². The van der Waals surface area contributed by atoms with Crippen LogP contribution < -0.4 is 41.8 Å². The van der Waals surface area contributed by atoms with Crippen LogP contribution in [0.5, 0.6) is 11.5 Å². The van der Waals surface area contributed by atoms with E-state index in [1.54, 1.807) is 59.2 Å². The molecule has 3 fully saturated rings. The Balaban J connectivity index is 0.000000160. The number of aromatic nitrogens is 4. The molecule has 21 nitrogen and oxygen atoms in total. The van der Waals surface area contributed by atoms with Gasteiger partial charge < -0.3 is 45.0 Å². The number of nitrogens with zero attached hydrogens (tertiary/aromatic N) is 8. The number of hydrogen-bond acceptors (Lipinski definition) is 15. The van der Waals surface area contributed by atoms with Crippen molar-refractivity contribution in [1.82, 2.24) is 44.4 Å². The quantitative estimate of drug-likeness (QED) is 0.0291. The van der Waals surface area contributed by atoms with E-state index in [1.807, 2.05) is 151 Å². The lowest BCUT2D eigenvalue weighted by molar-refractivity contribution is -0.141. The minimum absolute atomic E-state index is 0.0382. The summed E-state index contributed by atoms with van der Waals surface area (Å²) in [4.78, 5) is 85.3. The van der Waals surface area contributed by atoms with Crippen molar-refractivity contribution >= 4 is 72.5 Å². The maximum Gasteiger partial charge on any atom is 0.416 e. The van der Waals surface area contributed by atoms with Gasteiger partial charge in [0, 0.05) is 93.1 Å². The number of nitrogens with two attached hydrogens (primary N) is 1. The summed E-state index contributed by atoms with van der Waals surface area (Å²) in [6.07, 6.45) is -0.427. The average Bonchev–Trinajstić information content (AvgIpc) is 1.56. The largest absolute Gasteiger partial charge is 0.457 e. The van der Waals surface area contributed by atoms with Crippen molar-refractivity contribution in [3.05, 3.63) is 270 Å². The number of nitrogens with one attached hydrogen (secondary N) is 3. The second kappa shape index (κ2) is 44.7. The third-order valence-electron chi connectivity index (χ3n) is 26.9. The fourth-order valence-electron chi connectivity index (χ4n) is 19.4. The first-order chi connectivity index (χ1) is 65.0. The van der Waals surface area contributed by atoms with E-state index in [0.29, 0.717) is 137 Å². The molecular formula is C107H126ClF7N12O9S. The summed E-state index contributed by atoms with van der Waals surface area (Å²) in [5.74, 6) is 1.91. The molecule has 16 rings (SSSR count). The van der Waals surface area contributed by atoms with Crippen molar-refractivity contribution < 1.29 is 63.0 Å². The number of unbranched alkanes of at least 4 members (excludes halogenated alkanes) is 1. The predicted molar refractivity (Wildman–Crippen MR) is 530 cm³/mol. The summed E-state index contributed by atoms with van der Waals surface area (Å²) >= 11 is 6.01. The summed E-state index contributed by atoms with van der Waals surface area (Å²) in [6.45, 7) is 33.4. The van der Waals surface area contributed by atoms with E-state index in [0.717, 1.165) is 176 Å². The van der Waals surface area contributed by atoms with Gasteiger partial charge in [0.05, 0.1) is 51.1 Å². The molecule has 11 aromatic rings. The van der Waals surface area contributed by atoms with Crippen LogP contribution in [-0.2, 0) is 61.2 Å². The zero-order valence-corrected chi connectivity index (χ0v) is 81.7. The highest BCUT2D eigenvalue weighted by Gasteiger charge is 2.49. The van der Waals surface area contributed by atoms with Gasteiger partial charge in [0.15, 0.2) is 0 Å². The Kier molecular flexibility index (Phi) is 33.7. The Hall–Kier alpha value is -11.2. The van der Waals surface area contributed by atoms with Crippen molar-refractivity contribution in [2.24, 2.45) is 22.4 Å². The van der Waals surface area contributed by atoms with Gasteiger partial charge in [0.25, 0.3) is 17.0 Å². The summed E-state index contributed by atoms with van der Waals surface area (Å²) in [7, 11) is -3.69. The van der Waals surface area contributed by atoms with E-state index in [1.165, 1.54) is 30.7 Å². The van der Waals surface area contributed by atoms with Gasteiger partial charge in [-0.1, -0.05) is 136 Å². The number of likely N-dealkylation sites (tertiary alicyclic amines) is 3. The molecule has 2 aromatic heterocycles. The van der Waals surface area contributed by atoms with Crippen LogP contribution in [0.15, 0.2) is 192 Å². The van der Waals surface area contributed by atoms with E-state index in [9.17, 15) is 63.1 Å². The van der Waals surface area contributed by atoms with Crippen molar-refractivity contribution in [3.8, 4) is 44.9 Å². The standard InChI is InChI=1S/C39H37F6N3O2.C24H28ClN3O.C24H28FN3O2.C20H33N3O4S/c40-38(41,42)25-46-36(50)37(33-13-5-3-10-30(33)31-11-4-6-14-34(31)37)21-7-8-22-48-23-19-28(20-24-48)47-35(49)32-12-2-1-9-29(32)26-15-17-27(18-16-26)39(43,44)45;1-16(2)27-12-4-5-18(14-27)15-28-17(3)26-23-11-8-20(13-22(23)24(28)29)19-6-9-21(25)10-7-19;1-16(2)27-12-4-5-18(14-27)15-28-17(3)26-23-11-10-21(13-22(23)24(28)29)30-20-8-6-19(25)7-9-20;1-7-27-11-10-23-9-8-15-13(2)16(12-28(21,25)26)14(3)17(18(15)23)22-19(24)20(4,5)6/h1-6,9-18,28H,7-8,19-25H2,(H,46,50)(H,47,49);6-11,13,16,18H,4-5,12,14-15H2,1-3H3;6-11,13,16,18H,4-5,12,14-15H2,1-3H3;7-12H2,1-6H3,(H,22,24)(H2,21,25,26)/t;2*18-;/m.00./s1. The lowest BCUT2D eigenvalue weighted by Gasteiger charge is -2.35. The zero-order chi connectivity index (χ0) is 98.6. The fourth-order valence-corrected chi connectivity index (χ4v) is 20.4. The number of ether oxygens (including phenoxy) is 2. The lowest BCUT2D eigenvalue weighted by atomic mass is 9.73. The molecule has 3 amide bonds. The van der Waals surface area contributed by atoms with Gasteiger partial charge in [0.2, 0.25) is 21.8 Å². The van der Waals surface area contributed by atoms with E-state index in [2.05, 4.69) is 68.2 Å². The first-order valence-electron chi connectivity index (χ1n) is 47.4. The highest BCUT2D eigenvalue weighted by molar-refractivity contribution is 7.88. The predicted octanol–water partition coefficient (Wildman–Crippen LogP) is 20.8. The number of carbonyl (C=O) groups excluding carboxylic acids is 3. The molecule has 5 N–H and O–H groups in total. The normalized spacial score (nSPS) is 16.4. The van der Waals surface area contributed by atoms with Crippen LogP contribution in [0, 0.1) is 50.8 Å². The van der Waals surface area contributed by atoms with Crippen LogP contribution in [0.2, 0.25) is 5.02 Å². The van der Waals surface area contributed by atoms with E-state index in [4.69, 9.17) is 31.2 Å². The van der Waals surface area contributed by atoms with Crippen LogP contribution in [-0.4, -0.2) is 163 Å². The number of alkyl halides is 6. The third-order valence-corrected chi connectivity index (χ3v) is 27.8. The summed E-state index contributed by atoms with van der Waals surface area (Å²) < 4.78 is 130. The number of piperidine rings is 3. The van der Waals surface area contributed by atoms with Crippen LogP contribution in [0.3, 0.4) is 0 Å². The van der Waals surface area contributed by atoms with Gasteiger partial charge in [-0.2, -0.15) is 26.3 Å². The van der Waals surface area contributed by atoms with Crippen molar-refractivity contribution in [2.75, 3.05) is 88.9 Å². The number of carbonyl (C=O) groups is 3. The molecule has 730 valence electrons. The molecule has 1 aliphatic carbocycles. The number of sulfonamides is 1. The SMILES string of the molecule is CCOCCN1CCc2c(C)c(CS(N)(=O)=O)c(C)c(NC(=O)C(C)(C)C)c21.Cc1nc2ccc(-c3ccc(Cl)cc3)cc2c(=O)n1C[C@H]1CCCN(C(C)C)C1.Cc1nc2ccc(Oc3ccc(F)cc3)cc2c(=O)n1C[C@H]1CCCN(C(C)C)C1.O=C(NC1CCN(CCCCC2(C(=O)NCC(F)(F)F)c3ccccc3-c3ccccc32)CC1)c1ccccc1-c1ccc(C(F)(F)F)cc1.